The van der Waals surface area contributed by atoms with E-state index in [9.17, 15) is 0 Å². The standard InChI is InChI=1S/C8H19N.C2H5Br/c1-2-3-4-5-6-7-8-9;1-2-3/h2-9H2,1H3;2H2,1H3. The van der Waals surface area contributed by atoms with Crippen molar-refractivity contribution in [3.63, 3.8) is 0 Å². The quantitative estimate of drug-likeness (QED) is 0.554. The van der Waals surface area contributed by atoms with E-state index in [1.807, 2.05) is 6.92 Å². The molecule has 0 amide bonds. The molecule has 0 aromatic heterocycles. The Labute approximate surface area is 86.2 Å². The average Bonchev–Trinajstić information content (AvgIpc) is 2.06. The van der Waals surface area contributed by atoms with Gasteiger partial charge in [-0.15, -0.1) is 0 Å². The predicted molar refractivity (Wildman–Crippen MR) is 61.9 cm³/mol. The third kappa shape index (κ3) is 22.4. The maximum Gasteiger partial charge on any atom is 0.000281 e. The van der Waals surface area contributed by atoms with Gasteiger partial charge in [-0.2, -0.15) is 0 Å². The Balaban J connectivity index is 0. The molecule has 0 spiro atoms. The molecule has 0 aliphatic rings. The number of nitrogens with two attached hydrogens (primary N) is 1. The van der Waals surface area contributed by atoms with Gasteiger partial charge in [0.25, 0.3) is 0 Å². The van der Waals surface area contributed by atoms with Gasteiger partial charge in [-0.3, -0.25) is 0 Å². The highest BCUT2D eigenvalue weighted by molar-refractivity contribution is 9.09. The molecule has 0 radical (unpaired) electrons. The molecule has 0 aromatic carbocycles. The summed E-state index contributed by atoms with van der Waals surface area (Å²) in [6.07, 6.45) is 8.05. The van der Waals surface area contributed by atoms with Gasteiger partial charge in [0.15, 0.2) is 0 Å². The number of hydrogen-bond donors (Lipinski definition) is 1. The minimum atomic E-state index is 0.867. The molecule has 2 N–H and O–H groups in total. The van der Waals surface area contributed by atoms with Crippen LogP contribution in [0.5, 0.6) is 0 Å². The van der Waals surface area contributed by atoms with Crippen LogP contribution >= 0.6 is 15.9 Å². The van der Waals surface area contributed by atoms with Crippen LogP contribution in [0.15, 0.2) is 0 Å². The lowest BCUT2D eigenvalue weighted by Gasteiger charge is -1.96. The number of unbranched alkanes of at least 4 members (excludes halogenated alkanes) is 5. The topological polar surface area (TPSA) is 26.0 Å². The predicted octanol–water partition coefficient (Wildman–Crippen LogP) is 3.71. The number of rotatable bonds is 6. The number of alkyl halides is 1. The van der Waals surface area contributed by atoms with Gasteiger partial charge >= 0.3 is 0 Å². The fourth-order valence-electron chi connectivity index (χ4n) is 0.925. The van der Waals surface area contributed by atoms with E-state index in [-0.39, 0.29) is 0 Å². The smallest absolute Gasteiger partial charge is 0.000281 e. The highest BCUT2D eigenvalue weighted by Gasteiger charge is 1.85. The summed E-state index contributed by atoms with van der Waals surface area (Å²) in [5, 5.41) is 1.06. The van der Waals surface area contributed by atoms with E-state index in [0.29, 0.717) is 0 Å². The van der Waals surface area contributed by atoms with Crippen LogP contribution in [-0.4, -0.2) is 11.9 Å². The summed E-state index contributed by atoms with van der Waals surface area (Å²) in [5.41, 5.74) is 5.34. The molecule has 0 heterocycles. The Bertz CT molecular complexity index is 51.8. The van der Waals surface area contributed by atoms with Crippen molar-refractivity contribution in [1.82, 2.24) is 0 Å². The summed E-state index contributed by atoms with van der Waals surface area (Å²) in [7, 11) is 0. The fourth-order valence-corrected chi connectivity index (χ4v) is 0.925. The van der Waals surface area contributed by atoms with Crippen LogP contribution in [0.1, 0.15) is 52.4 Å². The van der Waals surface area contributed by atoms with E-state index in [1.165, 1.54) is 38.5 Å². The van der Waals surface area contributed by atoms with Crippen LogP contribution in [0.3, 0.4) is 0 Å². The first-order valence-corrected chi connectivity index (χ1v) is 6.21. The third-order valence-corrected chi connectivity index (χ3v) is 1.56. The fraction of sp³-hybridized carbons (Fsp3) is 1.00. The minimum Gasteiger partial charge on any atom is -0.330 e. The second-order valence-electron chi connectivity index (χ2n) is 2.82. The molecule has 2 heteroatoms. The zero-order chi connectivity index (χ0) is 9.66. The molecule has 0 aliphatic heterocycles. The first-order chi connectivity index (χ1) is 5.83. The number of halogens is 1. The molecule has 0 atom stereocenters. The molecule has 0 rings (SSSR count). The Hall–Kier alpha value is 0.440. The van der Waals surface area contributed by atoms with Crippen molar-refractivity contribution in [2.75, 3.05) is 11.9 Å². The van der Waals surface area contributed by atoms with Gasteiger partial charge in [-0.25, -0.2) is 0 Å². The Kier molecular flexibility index (Phi) is 21.8. The minimum absolute atomic E-state index is 0.867. The second kappa shape index (κ2) is 17.5. The van der Waals surface area contributed by atoms with Crippen LogP contribution in [0.2, 0.25) is 0 Å². The van der Waals surface area contributed by atoms with Gasteiger partial charge in [0, 0.05) is 5.33 Å². The van der Waals surface area contributed by atoms with Gasteiger partial charge in [-0.05, 0) is 13.0 Å². The van der Waals surface area contributed by atoms with E-state index in [1.54, 1.807) is 0 Å². The van der Waals surface area contributed by atoms with Crippen LogP contribution in [0.25, 0.3) is 0 Å². The lowest BCUT2D eigenvalue weighted by atomic mass is 10.1. The van der Waals surface area contributed by atoms with Crippen LogP contribution in [0, 0.1) is 0 Å². The maximum absolute atomic E-state index is 5.34. The third-order valence-electron chi connectivity index (χ3n) is 1.56. The van der Waals surface area contributed by atoms with Crippen LogP contribution < -0.4 is 5.73 Å². The Morgan fingerprint density at radius 1 is 0.917 bits per heavy atom. The average molecular weight is 238 g/mol. The van der Waals surface area contributed by atoms with Crippen molar-refractivity contribution >= 4 is 15.9 Å². The molecule has 1 nitrogen and oxygen atoms in total. The van der Waals surface area contributed by atoms with Crippen molar-refractivity contribution in [3.05, 3.63) is 0 Å². The second-order valence-corrected chi connectivity index (χ2v) is 3.95. The lowest BCUT2D eigenvalue weighted by Crippen LogP contribution is -1.97. The highest BCUT2D eigenvalue weighted by atomic mass is 79.9. The first-order valence-electron chi connectivity index (χ1n) is 5.09. The molecule has 0 saturated carbocycles. The molecule has 0 bridgehead atoms. The van der Waals surface area contributed by atoms with Crippen molar-refractivity contribution in [1.29, 1.82) is 0 Å². The van der Waals surface area contributed by atoms with Crippen molar-refractivity contribution < 1.29 is 0 Å². The van der Waals surface area contributed by atoms with Gasteiger partial charge in [-0.1, -0.05) is 61.9 Å². The SMILES string of the molecule is CCBr.CCCCCCCCN. The number of hydrogen-bond acceptors (Lipinski definition) is 1. The molecule has 0 fully saturated rings. The molecular weight excluding hydrogens is 214 g/mol. The summed E-state index contributed by atoms with van der Waals surface area (Å²) >= 11 is 3.15. The van der Waals surface area contributed by atoms with Gasteiger partial charge in [0.2, 0.25) is 0 Å². The largest absolute Gasteiger partial charge is 0.330 e. The van der Waals surface area contributed by atoms with Crippen molar-refractivity contribution in [3.8, 4) is 0 Å². The van der Waals surface area contributed by atoms with Crippen molar-refractivity contribution in [2.24, 2.45) is 5.73 Å². The molecule has 12 heavy (non-hydrogen) atoms. The van der Waals surface area contributed by atoms with Gasteiger partial charge < -0.3 is 5.73 Å². The zero-order valence-corrected chi connectivity index (χ0v) is 10.2. The van der Waals surface area contributed by atoms with E-state index < -0.39 is 0 Å². The van der Waals surface area contributed by atoms with Crippen molar-refractivity contribution in [2.45, 2.75) is 52.4 Å². The monoisotopic (exact) mass is 237 g/mol. The van der Waals surface area contributed by atoms with Crippen LogP contribution in [0.4, 0.5) is 0 Å². The molecule has 0 aliphatic carbocycles. The molecular formula is C10H24BrN. The van der Waals surface area contributed by atoms with Gasteiger partial charge in [0.05, 0.1) is 0 Å². The molecule has 0 aromatic rings. The summed E-state index contributed by atoms with van der Waals surface area (Å²) in [6.45, 7) is 5.15. The van der Waals surface area contributed by atoms with E-state index in [2.05, 4.69) is 22.9 Å². The molecule has 76 valence electrons. The highest BCUT2D eigenvalue weighted by Crippen LogP contribution is 2.03. The molecule has 0 unspecified atom stereocenters. The van der Waals surface area contributed by atoms with E-state index >= 15 is 0 Å². The zero-order valence-electron chi connectivity index (χ0n) is 8.61. The normalized spacial score (nSPS) is 9.00. The van der Waals surface area contributed by atoms with E-state index in [0.717, 1.165) is 11.9 Å². The first kappa shape index (κ1) is 14.9. The Morgan fingerprint density at radius 3 is 1.75 bits per heavy atom. The van der Waals surface area contributed by atoms with E-state index in [4.69, 9.17) is 5.73 Å². The summed E-state index contributed by atoms with van der Waals surface area (Å²) in [5.74, 6) is 0. The Morgan fingerprint density at radius 2 is 1.33 bits per heavy atom. The summed E-state index contributed by atoms with van der Waals surface area (Å²) in [4.78, 5) is 0. The summed E-state index contributed by atoms with van der Waals surface area (Å²) in [6, 6.07) is 0. The lowest BCUT2D eigenvalue weighted by molar-refractivity contribution is 0.612. The van der Waals surface area contributed by atoms with Gasteiger partial charge in [0.1, 0.15) is 0 Å². The summed E-state index contributed by atoms with van der Waals surface area (Å²) < 4.78 is 0. The molecule has 0 saturated heterocycles. The maximum atomic E-state index is 5.34. The van der Waals surface area contributed by atoms with Crippen LogP contribution in [-0.2, 0) is 0 Å².